The molecule has 0 radical (unpaired) electrons. The number of carboxylic acid groups (broad SMARTS) is 2. The summed E-state index contributed by atoms with van der Waals surface area (Å²) in [5.41, 5.74) is 5.76. The second-order valence-electron chi connectivity index (χ2n) is 5.49. The van der Waals surface area contributed by atoms with E-state index in [9.17, 15) is 19.2 Å². The summed E-state index contributed by atoms with van der Waals surface area (Å²) in [6, 6.07) is -3.70. The van der Waals surface area contributed by atoms with Crippen LogP contribution in [0.4, 0.5) is 0 Å². The van der Waals surface area contributed by atoms with Crippen LogP contribution in [-0.2, 0) is 19.2 Å². The van der Waals surface area contributed by atoms with Crippen LogP contribution in [0.25, 0.3) is 0 Å². The lowest BCUT2D eigenvalue weighted by molar-refractivity contribution is -0.144. The van der Waals surface area contributed by atoms with E-state index in [-0.39, 0.29) is 12.3 Å². The van der Waals surface area contributed by atoms with Crippen LogP contribution in [0.3, 0.4) is 0 Å². The van der Waals surface area contributed by atoms with E-state index in [0.717, 1.165) is 0 Å². The Morgan fingerprint density at radius 3 is 2.00 bits per heavy atom. The van der Waals surface area contributed by atoms with E-state index in [0.29, 0.717) is 6.42 Å². The van der Waals surface area contributed by atoms with Gasteiger partial charge in [0.15, 0.2) is 0 Å². The van der Waals surface area contributed by atoms with E-state index < -0.39 is 54.9 Å². The van der Waals surface area contributed by atoms with Gasteiger partial charge in [-0.2, -0.15) is 0 Å². The van der Waals surface area contributed by atoms with Crippen molar-refractivity contribution in [2.24, 2.45) is 11.7 Å². The molecule has 0 aromatic carbocycles. The van der Waals surface area contributed by atoms with Gasteiger partial charge in [0.1, 0.15) is 12.1 Å². The number of nitrogens with two attached hydrogens (primary N) is 1. The van der Waals surface area contributed by atoms with Gasteiger partial charge in [-0.05, 0) is 12.3 Å². The summed E-state index contributed by atoms with van der Waals surface area (Å²) in [6.45, 7) is 2.75. The van der Waals surface area contributed by atoms with E-state index in [4.69, 9.17) is 21.1 Å². The van der Waals surface area contributed by atoms with Gasteiger partial charge in [-0.15, -0.1) is 0 Å². The lowest BCUT2D eigenvalue weighted by atomic mass is 9.98. The minimum atomic E-state index is -1.55. The van der Waals surface area contributed by atoms with Crippen LogP contribution in [0.2, 0.25) is 0 Å². The predicted octanol–water partition coefficient (Wildman–Crippen LogP) is -1.73. The first kappa shape index (κ1) is 21.8. The van der Waals surface area contributed by atoms with Gasteiger partial charge < -0.3 is 31.7 Å². The van der Waals surface area contributed by atoms with Crippen molar-refractivity contribution in [3.8, 4) is 0 Å². The summed E-state index contributed by atoms with van der Waals surface area (Å²) in [5.74, 6) is -4.32. The van der Waals surface area contributed by atoms with Crippen molar-refractivity contribution < 1.29 is 34.5 Å². The van der Waals surface area contributed by atoms with Gasteiger partial charge in [0.2, 0.25) is 11.8 Å². The lowest BCUT2D eigenvalue weighted by Crippen LogP contribution is -2.56. The maximum absolute atomic E-state index is 12.1. The first-order chi connectivity index (χ1) is 11.1. The number of aliphatic hydroxyl groups is 1. The zero-order chi connectivity index (χ0) is 18.9. The molecule has 7 N–H and O–H groups in total. The topological polar surface area (TPSA) is 179 Å². The minimum Gasteiger partial charge on any atom is -0.481 e. The van der Waals surface area contributed by atoms with Crippen LogP contribution in [0.15, 0.2) is 0 Å². The summed E-state index contributed by atoms with van der Waals surface area (Å²) < 4.78 is 0. The molecule has 10 heteroatoms. The Hall–Kier alpha value is -2.20. The summed E-state index contributed by atoms with van der Waals surface area (Å²) >= 11 is 0. The Labute approximate surface area is 139 Å². The van der Waals surface area contributed by atoms with E-state index in [1.807, 2.05) is 12.2 Å². The highest BCUT2D eigenvalue weighted by atomic mass is 16.4. The zero-order valence-electron chi connectivity index (χ0n) is 13.7. The monoisotopic (exact) mass is 347 g/mol. The van der Waals surface area contributed by atoms with Crippen molar-refractivity contribution in [2.45, 2.75) is 51.2 Å². The van der Waals surface area contributed by atoms with Crippen LogP contribution in [0, 0.1) is 5.92 Å². The fourth-order valence-corrected chi connectivity index (χ4v) is 1.77. The van der Waals surface area contributed by atoms with Crippen molar-refractivity contribution in [3.05, 3.63) is 0 Å². The molecule has 0 aliphatic carbocycles. The third kappa shape index (κ3) is 7.38. The molecule has 0 aromatic heterocycles. The molecule has 0 rings (SSSR count). The molecular formula is C14H25N3O7. The zero-order valence-corrected chi connectivity index (χ0v) is 13.7. The van der Waals surface area contributed by atoms with Crippen LogP contribution in [-0.4, -0.2) is 63.8 Å². The Bertz CT molecular complexity index is 469. The van der Waals surface area contributed by atoms with Gasteiger partial charge in [0.25, 0.3) is 0 Å². The molecule has 0 aliphatic heterocycles. The molecule has 0 heterocycles. The molecule has 0 unspecified atom stereocenters. The number of nitrogens with one attached hydrogen (secondary N) is 2. The number of aliphatic hydroxyl groups excluding tert-OH is 1. The molecule has 138 valence electrons. The second kappa shape index (κ2) is 10.6. The highest BCUT2D eigenvalue weighted by molar-refractivity contribution is 5.92. The molecule has 0 saturated heterocycles. The smallest absolute Gasteiger partial charge is 0.328 e. The molecule has 0 bridgehead atoms. The van der Waals surface area contributed by atoms with E-state index in [2.05, 4.69) is 5.32 Å². The van der Waals surface area contributed by atoms with Crippen LogP contribution >= 0.6 is 0 Å². The average Bonchev–Trinajstić information content (AvgIpc) is 2.53. The van der Waals surface area contributed by atoms with Crippen LogP contribution in [0.5, 0.6) is 0 Å². The Balaban J connectivity index is 5.02. The van der Waals surface area contributed by atoms with Crippen molar-refractivity contribution in [2.75, 3.05) is 6.61 Å². The number of rotatable bonds is 11. The molecule has 2 amide bonds. The molecular weight excluding hydrogens is 322 g/mol. The first-order valence-electron chi connectivity index (χ1n) is 7.55. The molecule has 24 heavy (non-hydrogen) atoms. The highest BCUT2D eigenvalue weighted by Gasteiger charge is 2.29. The van der Waals surface area contributed by atoms with Crippen LogP contribution < -0.4 is 16.4 Å². The van der Waals surface area contributed by atoms with E-state index in [1.165, 1.54) is 0 Å². The summed E-state index contributed by atoms with van der Waals surface area (Å²) in [5, 5.41) is 30.9. The number of aliphatic carboxylic acids is 2. The molecule has 0 spiro atoms. The fourth-order valence-electron chi connectivity index (χ4n) is 1.77. The predicted molar refractivity (Wildman–Crippen MR) is 82.9 cm³/mol. The largest absolute Gasteiger partial charge is 0.481 e. The number of carboxylic acids is 2. The van der Waals surface area contributed by atoms with Gasteiger partial charge >= 0.3 is 11.9 Å². The van der Waals surface area contributed by atoms with E-state index in [1.54, 1.807) is 6.92 Å². The summed E-state index contributed by atoms with van der Waals surface area (Å²) in [4.78, 5) is 45.7. The number of carbonyl (C=O) groups is 4. The van der Waals surface area contributed by atoms with E-state index >= 15 is 0 Å². The van der Waals surface area contributed by atoms with Gasteiger partial charge in [-0.1, -0.05) is 20.3 Å². The Kier molecular flexibility index (Phi) is 9.58. The third-order valence-corrected chi connectivity index (χ3v) is 3.64. The lowest BCUT2D eigenvalue weighted by Gasteiger charge is -2.23. The van der Waals surface area contributed by atoms with Gasteiger partial charge in [-0.25, -0.2) is 4.79 Å². The molecule has 0 aliphatic rings. The Morgan fingerprint density at radius 2 is 1.58 bits per heavy atom. The number of hydrogen-bond donors (Lipinski definition) is 6. The summed E-state index contributed by atoms with van der Waals surface area (Å²) in [6.07, 6.45) is -0.0160. The standard InChI is InChI=1S/C14H25N3O7/c1-3-7(2)11(15)13(22)16-8(4-5-10(19)20)12(21)17-9(6-18)14(23)24/h7-9,11,18H,3-6,15H2,1-2H3,(H,16,22)(H,17,21)(H,19,20)(H,23,24)/t7-,8-,9-,11-/m0/s1. The second-order valence-corrected chi connectivity index (χ2v) is 5.49. The van der Waals surface area contributed by atoms with Crippen LogP contribution in [0.1, 0.15) is 33.1 Å². The number of carbonyl (C=O) groups excluding carboxylic acids is 2. The molecule has 0 fully saturated rings. The van der Waals surface area contributed by atoms with Crippen molar-refractivity contribution >= 4 is 23.8 Å². The first-order valence-corrected chi connectivity index (χ1v) is 7.55. The van der Waals surface area contributed by atoms with Crippen molar-refractivity contribution in [1.82, 2.24) is 10.6 Å². The van der Waals surface area contributed by atoms with Gasteiger partial charge in [-0.3, -0.25) is 14.4 Å². The Morgan fingerprint density at radius 1 is 1.04 bits per heavy atom. The highest BCUT2D eigenvalue weighted by Crippen LogP contribution is 2.07. The van der Waals surface area contributed by atoms with Crippen molar-refractivity contribution in [1.29, 1.82) is 0 Å². The molecule has 4 atom stereocenters. The minimum absolute atomic E-state index is 0.155. The SMILES string of the molecule is CC[C@H](C)[C@H](N)C(=O)N[C@@H](CCC(=O)O)C(=O)N[C@@H](CO)C(=O)O. The average molecular weight is 347 g/mol. The van der Waals surface area contributed by atoms with Gasteiger partial charge in [0, 0.05) is 6.42 Å². The maximum atomic E-state index is 12.1. The fraction of sp³-hybridized carbons (Fsp3) is 0.714. The van der Waals surface area contributed by atoms with Crippen molar-refractivity contribution in [3.63, 3.8) is 0 Å². The van der Waals surface area contributed by atoms with Gasteiger partial charge in [0.05, 0.1) is 12.6 Å². The molecule has 10 nitrogen and oxygen atoms in total. The third-order valence-electron chi connectivity index (χ3n) is 3.64. The number of amides is 2. The summed E-state index contributed by atoms with van der Waals surface area (Å²) in [7, 11) is 0. The number of hydrogen-bond acceptors (Lipinski definition) is 6. The normalized spacial score (nSPS) is 15.7. The molecule has 0 saturated carbocycles. The molecule has 0 aromatic rings. The maximum Gasteiger partial charge on any atom is 0.328 e. The quantitative estimate of drug-likeness (QED) is 0.255.